The van der Waals surface area contributed by atoms with Gasteiger partial charge in [0.2, 0.25) is 0 Å². The second-order valence-corrected chi connectivity index (χ2v) is 4.25. The molecule has 0 saturated carbocycles. The van der Waals surface area contributed by atoms with E-state index >= 15 is 0 Å². The van der Waals surface area contributed by atoms with Crippen LogP contribution in [-0.4, -0.2) is 16.5 Å². The summed E-state index contributed by atoms with van der Waals surface area (Å²) in [6, 6.07) is 3.66. The van der Waals surface area contributed by atoms with Crippen molar-refractivity contribution in [3.8, 4) is 6.07 Å². The largest absolute Gasteiger partial charge is 0.294 e. The highest BCUT2D eigenvalue weighted by Gasteiger charge is 2.11. The summed E-state index contributed by atoms with van der Waals surface area (Å²) in [5.74, 6) is 0.627. The van der Waals surface area contributed by atoms with Crippen molar-refractivity contribution in [2.75, 3.05) is 5.75 Å². The lowest BCUT2D eigenvalue weighted by atomic mass is 10.1. The number of pyridine rings is 1. The topological polar surface area (TPSA) is 53.8 Å². The first-order valence-corrected chi connectivity index (χ1v) is 5.75. The number of carbonyl (C=O) groups excluding carboxylic acids is 1. The summed E-state index contributed by atoms with van der Waals surface area (Å²) in [4.78, 5) is 15.6. The maximum absolute atomic E-state index is 11.3. The van der Waals surface area contributed by atoms with Crippen LogP contribution in [-0.2, 0) is 0 Å². The van der Waals surface area contributed by atoms with Crippen LogP contribution in [0.25, 0.3) is 0 Å². The number of aromatic nitrogens is 1. The van der Waals surface area contributed by atoms with Gasteiger partial charge in [-0.05, 0) is 19.9 Å². The van der Waals surface area contributed by atoms with Crippen molar-refractivity contribution in [1.82, 2.24) is 4.98 Å². The molecule has 4 heteroatoms. The van der Waals surface area contributed by atoms with Gasteiger partial charge in [-0.2, -0.15) is 5.26 Å². The van der Waals surface area contributed by atoms with Crippen molar-refractivity contribution in [1.29, 1.82) is 5.26 Å². The third-order valence-electron chi connectivity index (χ3n) is 2.02. The fraction of sp³-hybridized carbons (Fsp3) is 0.250. The van der Waals surface area contributed by atoms with E-state index in [1.54, 1.807) is 19.1 Å². The third-order valence-corrected chi connectivity index (χ3v) is 3.00. The summed E-state index contributed by atoms with van der Waals surface area (Å²) in [6.07, 6.45) is 1.75. The van der Waals surface area contributed by atoms with Crippen LogP contribution in [0.1, 0.15) is 28.5 Å². The summed E-state index contributed by atoms with van der Waals surface area (Å²) in [5.41, 5.74) is 1.63. The van der Waals surface area contributed by atoms with Gasteiger partial charge in [0.05, 0.1) is 5.56 Å². The second kappa shape index (κ2) is 5.47. The SMILES string of the molecule is C=CCSc1nc(C)c(C(C)=O)cc1C#N. The van der Waals surface area contributed by atoms with E-state index in [1.807, 2.05) is 0 Å². The van der Waals surface area contributed by atoms with Crippen LogP contribution in [0.2, 0.25) is 0 Å². The minimum atomic E-state index is -0.0678. The van der Waals surface area contributed by atoms with Gasteiger partial charge in [-0.15, -0.1) is 18.3 Å². The fourth-order valence-electron chi connectivity index (χ4n) is 1.27. The van der Waals surface area contributed by atoms with Crippen LogP contribution >= 0.6 is 11.8 Å². The fourth-order valence-corrected chi connectivity index (χ4v) is 2.00. The highest BCUT2D eigenvalue weighted by atomic mass is 32.2. The molecule has 1 rings (SSSR count). The van der Waals surface area contributed by atoms with Gasteiger partial charge in [-0.1, -0.05) is 6.08 Å². The molecular formula is C12H12N2OS. The first-order chi connectivity index (χ1) is 7.60. The smallest absolute Gasteiger partial charge is 0.161 e. The number of nitrogens with zero attached hydrogens (tertiary/aromatic N) is 2. The van der Waals surface area contributed by atoms with E-state index in [0.717, 1.165) is 0 Å². The Morgan fingerprint density at radius 3 is 2.94 bits per heavy atom. The van der Waals surface area contributed by atoms with Crippen molar-refractivity contribution in [3.05, 3.63) is 35.5 Å². The van der Waals surface area contributed by atoms with Crippen LogP contribution in [0, 0.1) is 18.3 Å². The lowest BCUT2D eigenvalue weighted by molar-refractivity contribution is 0.101. The summed E-state index contributed by atoms with van der Waals surface area (Å²) >= 11 is 1.44. The molecule has 0 unspecified atom stereocenters. The monoisotopic (exact) mass is 232 g/mol. The van der Waals surface area contributed by atoms with Gasteiger partial charge in [0, 0.05) is 17.0 Å². The van der Waals surface area contributed by atoms with Gasteiger partial charge >= 0.3 is 0 Å². The quantitative estimate of drug-likeness (QED) is 0.455. The summed E-state index contributed by atoms with van der Waals surface area (Å²) in [7, 11) is 0. The number of aryl methyl sites for hydroxylation is 1. The minimum absolute atomic E-state index is 0.0678. The van der Waals surface area contributed by atoms with Crippen LogP contribution < -0.4 is 0 Å². The Bertz CT molecular complexity index is 475. The zero-order valence-electron chi connectivity index (χ0n) is 9.28. The van der Waals surface area contributed by atoms with Crippen molar-refractivity contribution < 1.29 is 4.79 Å². The Morgan fingerprint density at radius 1 is 1.75 bits per heavy atom. The van der Waals surface area contributed by atoms with Gasteiger partial charge in [0.25, 0.3) is 0 Å². The first kappa shape index (κ1) is 12.5. The van der Waals surface area contributed by atoms with Crippen molar-refractivity contribution in [3.63, 3.8) is 0 Å². The Labute approximate surface area is 99.2 Å². The van der Waals surface area contributed by atoms with Gasteiger partial charge < -0.3 is 0 Å². The molecule has 0 aromatic carbocycles. The second-order valence-electron chi connectivity index (χ2n) is 3.24. The molecule has 0 radical (unpaired) electrons. The van der Waals surface area contributed by atoms with Crippen LogP contribution in [0.4, 0.5) is 0 Å². The van der Waals surface area contributed by atoms with Gasteiger partial charge in [-0.3, -0.25) is 4.79 Å². The number of rotatable bonds is 4. The molecule has 0 N–H and O–H groups in total. The zero-order valence-corrected chi connectivity index (χ0v) is 10.1. The predicted molar refractivity (Wildman–Crippen MR) is 64.6 cm³/mol. The number of hydrogen-bond donors (Lipinski definition) is 0. The standard InChI is InChI=1S/C12H12N2OS/c1-4-5-16-12-10(7-13)6-11(9(3)15)8(2)14-12/h4,6H,1,5H2,2-3H3. The molecule has 3 nitrogen and oxygen atoms in total. The number of Topliss-reactive ketones (excluding diaryl/α,β-unsaturated/α-hetero) is 1. The van der Waals surface area contributed by atoms with Gasteiger partial charge in [0.15, 0.2) is 5.78 Å². The van der Waals surface area contributed by atoms with E-state index in [0.29, 0.717) is 27.6 Å². The minimum Gasteiger partial charge on any atom is -0.294 e. The highest BCUT2D eigenvalue weighted by Crippen LogP contribution is 2.22. The molecule has 0 spiro atoms. The maximum Gasteiger partial charge on any atom is 0.161 e. The molecule has 0 fully saturated rings. The first-order valence-electron chi connectivity index (χ1n) is 4.76. The van der Waals surface area contributed by atoms with E-state index in [2.05, 4.69) is 17.6 Å². The average molecular weight is 232 g/mol. The summed E-state index contributed by atoms with van der Waals surface area (Å²) < 4.78 is 0. The molecule has 1 aromatic heterocycles. The Kier molecular flexibility index (Phi) is 4.27. The molecule has 0 atom stereocenters. The van der Waals surface area contributed by atoms with Crippen molar-refractivity contribution in [2.24, 2.45) is 0 Å². The molecule has 0 aliphatic carbocycles. The normalized spacial score (nSPS) is 9.56. The van der Waals surface area contributed by atoms with E-state index in [-0.39, 0.29) is 5.78 Å². The number of ketones is 1. The molecule has 1 heterocycles. The molecule has 0 saturated heterocycles. The van der Waals surface area contributed by atoms with E-state index in [1.165, 1.54) is 18.7 Å². The summed E-state index contributed by atoms with van der Waals surface area (Å²) in [5, 5.41) is 9.63. The van der Waals surface area contributed by atoms with Gasteiger partial charge in [0.1, 0.15) is 11.1 Å². The lowest BCUT2D eigenvalue weighted by Crippen LogP contribution is -2.02. The average Bonchev–Trinajstić information content (AvgIpc) is 2.25. The van der Waals surface area contributed by atoms with Crippen LogP contribution in [0.15, 0.2) is 23.7 Å². The Balaban J connectivity index is 3.22. The van der Waals surface area contributed by atoms with Crippen LogP contribution in [0.3, 0.4) is 0 Å². The van der Waals surface area contributed by atoms with E-state index in [9.17, 15) is 4.79 Å². The van der Waals surface area contributed by atoms with Crippen LogP contribution in [0.5, 0.6) is 0 Å². The molecule has 16 heavy (non-hydrogen) atoms. The lowest BCUT2D eigenvalue weighted by Gasteiger charge is -2.06. The Morgan fingerprint density at radius 2 is 2.44 bits per heavy atom. The van der Waals surface area contributed by atoms with E-state index in [4.69, 9.17) is 5.26 Å². The number of thioether (sulfide) groups is 1. The van der Waals surface area contributed by atoms with Crippen molar-refractivity contribution in [2.45, 2.75) is 18.9 Å². The maximum atomic E-state index is 11.3. The molecule has 0 bridgehead atoms. The van der Waals surface area contributed by atoms with Gasteiger partial charge in [-0.25, -0.2) is 4.98 Å². The van der Waals surface area contributed by atoms with Crippen molar-refractivity contribution >= 4 is 17.5 Å². The predicted octanol–water partition coefficient (Wildman–Crippen LogP) is 2.74. The Hall–Kier alpha value is -1.60. The molecule has 1 aromatic rings. The third kappa shape index (κ3) is 2.71. The molecule has 0 aliphatic rings. The number of hydrogen-bond acceptors (Lipinski definition) is 4. The summed E-state index contributed by atoms with van der Waals surface area (Å²) in [6.45, 7) is 6.86. The number of nitriles is 1. The molecule has 0 aliphatic heterocycles. The zero-order chi connectivity index (χ0) is 12.1. The molecule has 0 amide bonds. The number of carbonyl (C=O) groups is 1. The molecule has 82 valence electrons. The molecular weight excluding hydrogens is 220 g/mol. The van der Waals surface area contributed by atoms with E-state index < -0.39 is 0 Å². The highest BCUT2D eigenvalue weighted by molar-refractivity contribution is 7.99.